The Labute approximate surface area is 158 Å². The van der Waals surface area contributed by atoms with Gasteiger partial charge in [-0.15, -0.1) is 0 Å². The molecule has 0 saturated heterocycles. The van der Waals surface area contributed by atoms with Crippen molar-refractivity contribution in [2.75, 3.05) is 14.2 Å². The molecule has 0 fully saturated rings. The average molecular weight is 359 g/mol. The summed E-state index contributed by atoms with van der Waals surface area (Å²) in [5.41, 5.74) is 3.24. The van der Waals surface area contributed by atoms with Crippen molar-refractivity contribution in [1.29, 1.82) is 0 Å². The van der Waals surface area contributed by atoms with E-state index >= 15 is 0 Å². The molecular weight excluding hydrogens is 340 g/mol. The number of hydrogen-bond donors (Lipinski definition) is 0. The first-order chi connectivity index (χ1) is 13.2. The van der Waals surface area contributed by atoms with E-state index in [1.54, 1.807) is 13.6 Å². The standard InChI is InChI=1S/C23H19O4/c1-25-22(23(26-2,27-16-24)17-10-4-3-5-11-17)20-14-8-6-12-18(20)19-13-7-9-15-21(19)22/h3-15H,1-2H3. The van der Waals surface area contributed by atoms with Gasteiger partial charge in [-0.05, 0) is 11.1 Å². The van der Waals surface area contributed by atoms with Crippen molar-refractivity contribution in [3.8, 4) is 11.1 Å². The molecule has 0 spiro atoms. The second kappa shape index (κ2) is 6.65. The molecule has 1 unspecified atom stereocenters. The molecule has 0 bridgehead atoms. The van der Waals surface area contributed by atoms with Crippen LogP contribution in [0.2, 0.25) is 0 Å². The summed E-state index contributed by atoms with van der Waals surface area (Å²) in [6.45, 7) is 1.60. The number of carbonyl (C=O) groups excluding carboxylic acids is 1. The predicted molar refractivity (Wildman–Crippen MR) is 102 cm³/mol. The van der Waals surface area contributed by atoms with Crippen molar-refractivity contribution < 1.29 is 19.0 Å². The van der Waals surface area contributed by atoms with E-state index in [1.807, 2.05) is 78.9 Å². The Morgan fingerprint density at radius 2 is 1.30 bits per heavy atom. The normalized spacial score (nSPS) is 16.1. The highest BCUT2D eigenvalue weighted by atomic mass is 16.7. The highest BCUT2D eigenvalue weighted by molar-refractivity contribution is 5.81. The lowest BCUT2D eigenvalue weighted by atomic mass is 9.78. The lowest BCUT2D eigenvalue weighted by molar-refractivity contribution is -0.286. The Balaban J connectivity index is 2.13. The van der Waals surface area contributed by atoms with Crippen LogP contribution >= 0.6 is 0 Å². The van der Waals surface area contributed by atoms with Crippen LogP contribution in [0.5, 0.6) is 0 Å². The summed E-state index contributed by atoms with van der Waals surface area (Å²) in [5, 5.41) is 0. The summed E-state index contributed by atoms with van der Waals surface area (Å²) in [5.74, 6) is -1.55. The molecule has 4 rings (SSSR count). The van der Waals surface area contributed by atoms with E-state index in [4.69, 9.17) is 14.2 Å². The topological polar surface area (TPSA) is 44.8 Å². The van der Waals surface area contributed by atoms with Gasteiger partial charge >= 0.3 is 6.47 Å². The van der Waals surface area contributed by atoms with Crippen LogP contribution in [0.25, 0.3) is 11.1 Å². The van der Waals surface area contributed by atoms with Crippen molar-refractivity contribution >= 4 is 6.47 Å². The molecule has 0 amide bonds. The number of ether oxygens (including phenoxy) is 3. The van der Waals surface area contributed by atoms with Crippen molar-refractivity contribution in [1.82, 2.24) is 0 Å². The molecule has 0 aromatic heterocycles. The molecule has 3 aromatic carbocycles. The minimum absolute atomic E-state index is 0.657. The molecule has 1 atom stereocenters. The van der Waals surface area contributed by atoms with Gasteiger partial charge in [0.15, 0.2) is 5.60 Å². The fraction of sp³-hybridized carbons (Fsp3) is 0.174. The molecule has 27 heavy (non-hydrogen) atoms. The van der Waals surface area contributed by atoms with Gasteiger partial charge in [0.25, 0.3) is 5.79 Å². The van der Waals surface area contributed by atoms with Gasteiger partial charge in [0.05, 0.1) is 0 Å². The van der Waals surface area contributed by atoms with Gasteiger partial charge < -0.3 is 14.2 Å². The number of hydrogen-bond acceptors (Lipinski definition) is 4. The van der Waals surface area contributed by atoms with Crippen LogP contribution in [0, 0.1) is 0 Å². The Bertz CT molecular complexity index is 921. The van der Waals surface area contributed by atoms with Crippen molar-refractivity contribution in [2.24, 2.45) is 0 Å². The number of rotatable bonds is 6. The quantitative estimate of drug-likeness (QED) is 0.621. The minimum Gasteiger partial charge on any atom is -0.416 e. The molecular formula is C23H19O4. The van der Waals surface area contributed by atoms with Crippen LogP contribution in [0.15, 0.2) is 78.9 Å². The lowest BCUT2D eigenvalue weighted by Gasteiger charge is -2.45. The zero-order valence-electron chi connectivity index (χ0n) is 15.1. The summed E-state index contributed by atoms with van der Waals surface area (Å²) >= 11 is 0. The van der Waals surface area contributed by atoms with E-state index in [0.717, 1.165) is 22.3 Å². The molecule has 1 aliphatic carbocycles. The van der Waals surface area contributed by atoms with Crippen molar-refractivity contribution in [3.63, 3.8) is 0 Å². The summed E-state index contributed by atoms with van der Waals surface area (Å²) < 4.78 is 17.7. The van der Waals surface area contributed by atoms with E-state index in [2.05, 4.69) is 0 Å². The van der Waals surface area contributed by atoms with Gasteiger partial charge in [-0.3, -0.25) is 0 Å². The van der Waals surface area contributed by atoms with E-state index in [-0.39, 0.29) is 0 Å². The van der Waals surface area contributed by atoms with Crippen molar-refractivity contribution in [2.45, 2.75) is 11.4 Å². The van der Waals surface area contributed by atoms with Gasteiger partial charge in [0.2, 0.25) is 0 Å². The van der Waals surface area contributed by atoms with Crippen LogP contribution in [-0.4, -0.2) is 20.7 Å². The fourth-order valence-corrected chi connectivity index (χ4v) is 4.26. The molecule has 0 saturated carbocycles. The highest BCUT2D eigenvalue weighted by Crippen LogP contribution is 2.58. The molecule has 3 aromatic rings. The zero-order chi connectivity index (χ0) is 18.9. The Morgan fingerprint density at radius 1 is 0.778 bits per heavy atom. The molecule has 0 N–H and O–H groups in total. The maximum absolute atomic E-state index is 11.5. The summed E-state index contributed by atoms with van der Waals surface area (Å²) in [7, 11) is 3.11. The van der Waals surface area contributed by atoms with E-state index in [9.17, 15) is 4.79 Å². The summed E-state index contributed by atoms with van der Waals surface area (Å²) in [6.07, 6.45) is 0. The van der Waals surface area contributed by atoms with Gasteiger partial charge in [0.1, 0.15) is 0 Å². The van der Waals surface area contributed by atoms with Crippen LogP contribution < -0.4 is 0 Å². The predicted octanol–water partition coefficient (Wildman–Crippen LogP) is 4.14. The molecule has 4 nitrogen and oxygen atoms in total. The molecule has 0 heterocycles. The Morgan fingerprint density at radius 3 is 1.78 bits per heavy atom. The largest absolute Gasteiger partial charge is 0.420 e. The smallest absolute Gasteiger partial charge is 0.416 e. The maximum Gasteiger partial charge on any atom is 0.420 e. The highest BCUT2D eigenvalue weighted by Gasteiger charge is 2.63. The Hall–Kier alpha value is -2.95. The SMILES string of the molecule is COC(O[C]=O)(c1ccccc1)C1(OC)c2ccccc2-c2ccccc21. The Kier molecular flexibility index (Phi) is 4.30. The molecule has 135 valence electrons. The number of benzene rings is 3. The fourth-order valence-electron chi connectivity index (χ4n) is 4.26. The van der Waals surface area contributed by atoms with Crippen molar-refractivity contribution in [3.05, 3.63) is 95.6 Å². The van der Waals surface area contributed by atoms with Gasteiger partial charge in [-0.1, -0.05) is 78.9 Å². The van der Waals surface area contributed by atoms with Crippen LogP contribution in [0.4, 0.5) is 0 Å². The maximum atomic E-state index is 11.5. The second-order valence-corrected chi connectivity index (χ2v) is 6.35. The summed E-state index contributed by atoms with van der Waals surface area (Å²) in [6, 6.07) is 25.2. The zero-order valence-corrected chi connectivity index (χ0v) is 15.1. The molecule has 1 radical (unpaired) electrons. The van der Waals surface area contributed by atoms with Gasteiger partial charge in [0, 0.05) is 30.9 Å². The molecule has 0 aliphatic heterocycles. The first-order valence-corrected chi connectivity index (χ1v) is 8.65. The number of methoxy groups -OCH3 is 2. The van der Waals surface area contributed by atoms with Gasteiger partial charge in [-0.25, -0.2) is 4.79 Å². The first-order valence-electron chi connectivity index (χ1n) is 8.65. The second-order valence-electron chi connectivity index (χ2n) is 6.35. The first kappa shape index (κ1) is 17.5. The lowest BCUT2D eigenvalue weighted by Crippen LogP contribution is -2.53. The molecule has 1 aliphatic rings. The third-order valence-corrected chi connectivity index (χ3v) is 5.30. The van der Waals surface area contributed by atoms with Crippen LogP contribution in [0.1, 0.15) is 16.7 Å². The minimum atomic E-state index is -1.55. The summed E-state index contributed by atoms with van der Waals surface area (Å²) in [4.78, 5) is 11.5. The van der Waals surface area contributed by atoms with E-state index in [0.29, 0.717) is 5.56 Å². The van der Waals surface area contributed by atoms with E-state index < -0.39 is 11.4 Å². The van der Waals surface area contributed by atoms with Crippen LogP contribution in [-0.2, 0) is 30.4 Å². The van der Waals surface area contributed by atoms with Gasteiger partial charge in [-0.2, -0.15) is 0 Å². The average Bonchev–Trinajstić information content (AvgIpc) is 3.04. The monoisotopic (exact) mass is 359 g/mol. The third-order valence-electron chi connectivity index (χ3n) is 5.30. The molecule has 4 heteroatoms. The number of fused-ring (bicyclic) bond motifs is 3. The van der Waals surface area contributed by atoms with E-state index in [1.165, 1.54) is 7.11 Å². The third kappa shape index (κ3) is 2.21. The van der Waals surface area contributed by atoms with Crippen LogP contribution in [0.3, 0.4) is 0 Å².